The van der Waals surface area contributed by atoms with E-state index in [9.17, 15) is 28.2 Å². The number of aromatic nitrogens is 5. The molecule has 1 atom stereocenters. The number of halogens is 3. The molecule has 5 aromatic rings. The number of pyridine rings is 1. The largest absolute Gasteiger partial charge is 0.507 e. The first kappa shape index (κ1) is 28.4. The lowest BCUT2D eigenvalue weighted by molar-refractivity contribution is -0.137. The molecule has 4 N–H and O–H groups in total. The lowest BCUT2D eigenvalue weighted by atomic mass is 9.92. The van der Waals surface area contributed by atoms with E-state index in [0.29, 0.717) is 38.7 Å². The third-order valence-corrected chi connectivity index (χ3v) is 6.46. The number of hydrogen-bond donors (Lipinski definition) is 4. The molecule has 5 rings (SSSR count). The first-order valence-corrected chi connectivity index (χ1v) is 12.7. The molecule has 3 aromatic heterocycles. The molecule has 0 bridgehead atoms. The van der Waals surface area contributed by atoms with E-state index in [1.807, 2.05) is 0 Å². The van der Waals surface area contributed by atoms with Crippen molar-refractivity contribution < 1.29 is 28.2 Å². The summed E-state index contributed by atoms with van der Waals surface area (Å²) >= 11 is 0. The van der Waals surface area contributed by atoms with Gasteiger partial charge in [-0.05, 0) is 55.3 Å². The van der Waals surface area contributed by atoms with Crippen molar-refractivity contribution in [1.82, 2.24) is 24.9 Å². The molecule has 10 nitrogen and oxygen atoms in total. The predicted octanol–water partition coefficient (Wildman–Crippen LogP) is 5.23. The van der Waals surface area contributed by atoms with Gasteiger partial charge in [0.2, 0.25) is 5.95 Å². The standard InChI is InChI=1S/C29H24F3N7O3/c1-15-3-4-17(27(42)38-23-9-20(5-6-35-23)29(30,31)32)7-21(15)22-8-18-12-36-28(37-16(2)13-40)39-25(18)24(26(22)41)19-10-33-14-34-11-19/h3-12,14,16,40-41H,13H2,1-2H3,(H,35,38,42)(H,36,37,39)/t16-/m0/s1. The predicted molar refractivity (Wildman–Crippen MR) is 150 cm³/mol. The molecule has 0 aliphatic heterocycles. The van der Waals surface area contributed by atoms with E-state index in [4.69, 9.17) is 0 Å². The summed E-state index contributed by atoms with van der Waals surface area (Å²) in [6.45, 7) is 3.41. The number of amides is 1. The Balaban J connectivity index is 1.60. The molecule has 0 unspecified atom stereocenters. The Hall–Kier alpha value is -5.17. The molecular formula is C29H24F3N7O3. The number of carbonyl (C=O) groups excluding carboxylic acids is 1. The van der Waals surface area contributed by atoms with E-state index >= 15 is 0 Å². The smallest absolute Gasteiger partial charge is 0.416 e. The van der Waals surface area contributed by atoms with Gasteiger partial charge in [-0.25, -0.2) is 24.9 Å². The average molecular weight is 576 g/mol. The number of benzene rings is 2. The molecule has 0 saturated heterocycles. The molecule has 214 valence electrons. The van der Waals surface area contributed by atoms with Gasteiger partial charge in [-0.3, -0.25) is 4.79 Å². The molecule has 2 aromatic carbocycles. The highest BCUT2D eigenvalue weighted by Crippen LogP contribution is 2.43. The number of anilines is 2. The SMILES string of the molecule is Cc1ccc(C(=O)Nc2cc(C(F)(F)F)ccn2)cc1-c1cc2cnc(N[C@@H](C)CO)nc2c(-c2cncnc2)c1O. The number of aromatic hydroxyl groups is 1. The second-order valence-corrected chi connectivity index (χ2v) is 9.55. The van der Waals surface area contributed by atoms with Gasteiger partial charge in [0.05, 0.1) is 23.3 Å². The molecule has 13 heteroatoms. The fourth-order valence-corrected chi connectivity index (χ4v) is 4.33. The number of alkyl halides is 3. The number of nitrogens with one attached hydrogen (secondary N) is 2. The second-order valence-electron chi connectivity index (χ2n) is 9.55. The molecule has 0 radical (unpaired) electrons. The van der Waals surface area contributed by atoms with Crippen molar-refractivity contribution in [2.24, 2.45) is 0 Å². The normalized spacial score (nSPS) is 12.2. The summed E-state index contributed by atoms with van der Waals surface area (Å²) in [5, 5.41) is 27.0. The van der Waals surface area contributed by atoms with E-state index in [1.54, 1.807) is 32.2 Å². The number of carbonyl (C=O) groups is 1. The minimum Gasteiger partial charge on any atom is -0.507 e. The van der Waals surface area contributed by atoms with Gasteiger partial charge in [0, 0.05) is 52.9 Å². The Kier molecular flexibility index (Phi) is 7.68. The maximum absolute atomic E-state index is 13.1. The summed E-state index contributed by atoms with van der Waals surface area (Å²) in [6.07, 6.45) is 2.34. The number of hydrogen-bond acceptors (Lipinski definition) is 9. The molecule has 3 heterocycles. The Bertz CT molecular complexity index is 1780. The minimum atomic E-state index is -4.59. The molecule has 0 fully saturated rings. The van der Waals surface area contributed by atoms with Crippen LogP contribution in [0.4, 0.5) is 24.9 Å². The zero-order valence-electron chi connectivity index (χ0n) is 22.3. The number of phenolic OH excluding ortho intramolecular Hbond substituents is 1. The van der Waals surface area contributed by atoms with E-state index in [0.717, 1.165) is 18.3 Å². The average Bonchev–Trinajstić information content (AvgIpc) is 2.97. The maximum atomic E-state index is 13.1. The monoisotopic (exact) mass is 575 g/mol. The number of rotatable bonds is 7. The third kappa shape index (κ3) is 5.81. The number of aryl methyl sites for hydroxylation is 1. The van der Waals surface area contributed by atoms with Crippen LogP contribution in [0.5, 0.6) is 5.75 Å². The highest BCUT2D eigenvalue weighted by atomic mass is 19.4. The van der Waals surface area contributed by atoms with Crippen LogP contribution in [0.2, 0.25) is 0 Å². The molecule has 1 amide bonds. The summed E-state index contributed by atoms with van der Waals surface area (Å²) in [5.41, 5.74) is 1.96. The zero-order valence-corrected chi connectivity index (χ0v) is 22.3. The Morgan fingerprint density at radius 3 is 2.50 bits per heavy atom. The van der Waals surface area contributed by atoms with Crippen LogP contribution in [-0.4, -0.2) is 53.7 Å². The van der Waals surface area contributed by atoms with E-state index in [-0.39, 0.29) is 35.7 Å². The van der Waals surface area contributed by atoms with E-state index < -0.39 is 17.6 Å². The summed E-state index contributed by atoms with van der Waals surface area (Å²) < 4.78 is 39.4. The van der Waals surface area contributed by atoms with Crippen LogP contribution in [0.3, 0.4) is 0 Å². The third-order valence-electron chi connectivity index (χ3n) is 6.46. The second kappa shape index (κ2) is 11.4. The van der Waals surface area contributed by atoms with Gasteiger partial charge in [-0.15, -0.1) is 0 Å². The minimum absolute atomic E-state index is 0.132. The van der Waals surface area contributed by atoms with Gasteiger partial charge in [0.15, 0.2) is 0 Å². The first-order chi connectivity index (χ1) is 20.0. The van der Waals surface area contributed by atoms with Crippen molar-refractivity contribution in [2.75, 3.05) is 17.2 Å². The van der Waals surface area contributed by atoms with Crippen molar-refractivity contribution in [3.63, 3.8) is 0 Å². The van der Waals surface area contributed by atoms with Crippen LogP contribution in [0.1, 0.15) is 28.4 Å². The van der Waals surface area contributed by atoms with Crippen molar-refractivity contribution in [3.8, 4) is 28.0 Å². The number of aliphatic hydroxyl groups excluding tert-OH is 1. The summed E-state index contributed by atoms with van der Waals surface area (Å²) in [5.74, 6) is -0.851. The number of aliphatic hydroxyl groups is 1. The highest BCUT2D eigenvalue weighted by Gasteiger charge is 2.31. The van der Waals surface area contributed by atoms with Crippen molar-refractivity contribution in [2.45, 2.75) is 26.1 Å². The van der Waals surface area contributed by atoms with Crippen molar-refractivity contribution in [3.05, 3.63) is 84.2 Å². The van der Waals surface area contributed by atoms with Gasteiger partial charge in [0.1, 0.15) is 17.9 Å². The molecule has 0 saturated carbocycles. The first-order valence-electron chi connectivity index (χ1n) is 12.7. The van der Waals surface area contributed by atoms with Gasteiger partial charge in [0.25, 0.3) is 5.91 Å². The van der Waals surface area contributed by atoms with Crippen LogP contribution in [0, 0.1) is 6.92 Å². The number of fused-ring (bicyclic) bond motifs is 1. The molecule has 0 aliphatic rings. The van der Waals surface area contributed by atoms with E-state index in [1.165, 1.54) is 30.9 Å². The van der Waals surface area contributed by atoms with Crippen molar-refractivity contribution in [1.29, 1.82) is 0 Å². The van der Waals surface area contributed by atoms with Crippen LogP contribution >= 0.6 is 0 Å². The van der Waals surface area contributed by atoms with Gasteiger partial charge in [-0.1, -0.05) is 6.07 Å². The van der Waals surface area contributed by atoms with Crippen LogP contribution in [-0.2, 0) is 6.18 Å². The van der Waals surface area contributed by atoms with Crippen LogP contribution in [0.25, 0.3) is 33.2 Å². The van der Waals surface area contributed by atoms with Gasteiger partial charge >= 0.3 is 6.18 Å². The Labute approximate surface area is 237 Å². The Morgan fingerprint density at radius 1 is 1.02 bits per heavy atom. The topological polar surface area (TPSA) is 146 Å². The zero-order chi connectivity index (χ0) is 30.0. The fourth-order valence-electron chi connectivity index (χ4n) is 4.33. The molecular weight excluding hydrogens is 551 g/mol. The molecule has 0 aliphatic carbocycles. The number of phenols is 1. The van der Waals surface area contributed by atoms with Crippen molar-refractivity contribution >= 4 is 28.6 Å². The fraction of sp³-hybridized carbons (Fsp3) is 0.172. The van der Waals surface area contributed by atoms with Crippen LogP contribution in [0.15, 0.2) is 67.5 Å². The maximum Gasteiger partial charge on any atom is 0.416 e. The highest BCUT2D eigenvalue weighted by molar-refractivity contribution is 6.06. The Morgan fingerprint density at radius 2 is 1.79 bits per heavy atom. The summed E-state index contributed by atoms with van der Waals surface area (Å²) in [6, 6.07) is 7.64. The summed E-state index contributed by atoms with van der Waals surface area (Å²) in [7, 11) is 0. The summed E-state index contributed by atoms with van der Waals surface area (Å²) in [4.78, 5) is 33.9. The molecule has 42 heavy (non-hydrogen) atoms. The lowest BCUT2D eigenvalue weighted by Gasteiger charge is -2.17. The van der Waals surface area contributed by atoms with Gasteiger partial charge in [-0.2, -0.15) is 13.2 Å². The molecule has 0 spiro atoms. The van der Waals surface area contributed by atoms with Gasteiger partial charge < -0.3 is 20.8 Å². The van der Waals surface area contributed by atoms with E-state index in [2.05, 4.69) is 35.6 Å². The lowest BCUT2D eigenvalue weighted by Crippen LogP contribution is -2.20. The van der Waals surface area contributed by atoms with Crippen LogP contribution < -0.4 is 10.6 Å². The number of nitrogens with zero attached hydrogens (tertiary/aromatic N) is 5. The quantitative estimate of drug-likeness (QED) is 0.205.